The highest BCUT2D eigenvalue weighted by Gasteiger charge is 2.19. The minimum absolute atomic E-state index is 0.00108. The molecule has 0 aliphatic rings. The Bertz CT molecular complexity index is 367. The van der Waals surface area contributed by atoms with Crippen LogP contribution >= 0.6 is 11.3 Å². The minimum Gasteiger partial charge on any atom is -0.348 e. The Hall–Kier alpha value is -1.01. The van der Waals surface area contributed by atoms with E-state index in [4.69, 9.17) is 5.73 Å². The molecule has 0 saturated heterocycles. The second kappa shape index (κ2) is 4.88. The molecule has 0 fully saturated rings. The third-order valence-corrected chi connectivity index (χ3v) is 3.28. The summed E-state index contributed by atoms with van der Waals surface area (Å²) in [5, 5.41) is 12.6. The van der Waals surface area contributed by atoms with Gasteiger partial charge < -0.3 is 11.1 Å². The Morgan fingerprint density at radius 3 is 2.56 bits per heavy atom. The van der Waals surface area contributed by atoms with E-state index in [9.17, 15) is 4.79 Å². The Morgan fingerprint density at radius 2 is 2.12 bits per heavy atom. The molecular weight excluding hydrogens is 224 g/mol. The fourth-order valence-corrected chi connectivity index (χ4v) is 1.79. The van der Waals surface area contributed by atoms with Gasteiger partial charge in [-0.1, -0.05) is 32.1 Å². The molecule has 0 spiro atoms. The van der Waals surface area contributed by atoms with Gasteiger partial charge in [0.1, 0.15) is 10.0 Å². The van der Waals surface area contributed by atoms with Gasteiger partial charge in [-0.05, 0) is 6.92 Å². The van der Waals surface area contributed by atoms with Crippen LogP contribution in [0.2, 0.25) is 0 Å². The van der Waals surface area contributed by atoms with Crippen molar-refractivity contribution in [3.05, 3.63) is 10.0 Å². The van der Waals surface area contributed by atoms with Crippen LogP contribution in [-0.4, -0.2) is 22.1 Å². The van der Waals surface area contributed by atoms with E-state index < -0.39 is 6.04 Å². The number of nitrogens with one attached hydrogen (secondary N) is 1. The van der Waals surface area contributed by atoms with E-state index in [0.717, 1.165) is 10.0 Å². The van der Waals surface area contributed by atoms with Gasteiger partial charge in [0.2, 0.25) is 5.91 Å². The van der Waals surface area contributed by atoms with Crippen LogP contribution in [0.15, 0.2) is 0 Å². The van der Waals surface area contributed by atoms with Gasteiger partial charge in [0.15, 0.2) is 0 Å². The summed E-state index contributed by atoms with van der Waals surface area (Å²) in [5.41, 5.74) is 5.43. The van der Waals surface area contributed by atoms with Gasteiger partial charge in [-0.25, -0.2) is 0 Å². The Balaban J connectivity index is 2.57. The monoisotopic (exact) mass is 242 g/mol. The zero-order valence-corrected chi connectivity index (χ0v) is 10.9. The average Bonchev–Trinajstić information content (AvgIpc) is 2.61. The average molecular weight is 242 g/mol. The van der Waals surface area contributed by atoms with Gasteiger partial charge in [0, 0.05) is 5.41 Å². The van der Waals surface area contributed by atoms with Gasteiger partial charge in [-0.15, -0.1) is 10.2 Å². The second-order valence-corrected chi connectivity index (χ2v) is 5.82. The maximum absolute atomic E-state index is 11.2. The molecule has 0 unspecified atom stereocenters. The van der Waals surface area contributed by atoms with Crippen LogP contribution in [0.4, 0.5) is 0 Å². The van der Waals surface area contributed by atoms with Gasteiger partial charge in [-0.2, -0.15) is 0 Å². The number of nitrogens with two attached hydrogens (primary N) is 1. The van der Waals surface area contributed by atoms with E-state index in [-0.39, 0.29) is 11.3 Å². The zero-order chi connectivity index (χ0) is 12.3. The quantitative estimate of drug-likeness (QED) is 0.821. The van der Waals surface area contributed by atoms with Crippen molar-refractivity contribution in [1.29, 1.82) is 0 Å². The molecule has 5 nitrogen and oxygen atoms in total. The largest absolute Gasteiger partial charge is 0.348 e. The molecule has 1 heterocycles. The fraction of sp³-hybridized carbons (Fsp3) is 0.700. The van der Waals surface area contributed by atoms with E-state index in [1.165, 1.54) is 11.3 Å². The van der Waals surface area contributed by atoms with Crippen molar-refractivity contribution in [3.8, 4) is 0 Å². The van der Waals surface area contributed by atoms with E-state index in [2.05, 4.69) is 36.3 Å². The van der Waals surface area contributed by atoms with Crippen molar-refractivity contribution in [3.63, 3.8) is 0 Å². The van der Waals surface area contributed by atoms with E-state index in [1.54, 1.807) is 6.92 Å². The molecule has 1 atom stereocenters. The highest BCUT2D eigenvalue weighted by molar-refractivity contribution is 7.11. The molecule has 1 rings (SSSR count). The summed E-state index contributed by atoms with van der Waals surface area (Å²) in [4.78, 5) is 11.2. The number of nitrogens with zero attached hydrogens (tertiary/aromatic N) is 2. The topological polar surface area (TPSA) is 80.9 Å². The highest BCUT2D eigenvalue weighted by atomic mass is 32.1. The van der Waals surface area contributed by atoms with Gasteiger partial charge in [0.25, 0.3) is 0 Å². The first-order valence-electron chi connectivity index (χ1n) is 5.17. The molecule has 1 aromatic heterocycles. The fourth-order valence-electron chi connectivity index (χ4n) is 0.952. The number of amides is 1. The molecule has 6 heteroatoms. The van der Waals surface area contributed by atoms with E-state index in [1.807, 2.05) is 0 Å². The first kappa shape index (κ1) is 13.1. The Labute approximate surface area is 99.5 Å². The number of hydrogen-bond acceptors (Lipinski definition) is 5. The van der Waals surface area contributed by atoms with Crippen molar-refractivity contribution in [2.24, 2.45) is 5.73 Å². The third-order valence-electron chi connectivity index (χ3n) is 1.94. The number of hydrogen-bond donors (Lipinski definition) is 2. The molecule has 1 aromatic rings. The summed E-state index contributed by atoms with van der Waals surface area (Å²) in [6, 6.07) is -0.491. The Kier molecular flexibility index (Phi) is 3.98. The molecule has 0 aliphatic heterocycles. The summed E-state index contributed by atoms with van der Waals surface area (Å²) in [7, 11) is 0. The number of carbonyl (C=O) groups excluding carboxylic acids is 1. The summed E-state index contributed by atoms with van der Waals surface area (Å²) < 4.78 is 0. The molecule has 0 saturated carbocycles. The SMILES string of the molecule is C[C@@H](N)C(=O)NCc1nnc(C(C)(C)C)s1. The van der Waals surface area contributed by atoms with Crippen molar-refractivity contribution in [1.82, 2.24) is 15.5 Å². The smallest absolute Gasteiger partial charge is 0.236 e. The van der Waals surface area contributed by atoms with Crippen molar-refractivity contribution in [2.75, 3.05) is 0 Å². The van der Waals surface area contributed by atoms with Crippen LogP contribution in [0.5, 0.6) is 0 Å². The van der Waals surface area contributed by atoms with Crippen molar-refractivity contribution >= 4 is 17.2 Å². The lowest BCUT2D eigenvalue weighted by molar-refractivity contribution is -0.122. The van der Waals surface area contributed by atoms with E-state index >= 15 is 0 Å². The number of aromatic nitrogens is 2. The summed E-state index contributed by atoms with van der Waals surface area (Å²) >= 11 is 1.52. The molecule has 90 valence electrons. The summed E-state index contributed by atoms with van der Waals surface area (Å²) in [5.74, 6) is -0.174. The standard InChI is InChI=1S/C10H18N4OS/c1-6(11)8(15)12-5-7-13-14-9(16-7)10(2,3)4/h6H,5,11H2,1-4H3,(H,12,15)/t6-/m1/s1. The zero-order valence-electron chi connectivity index (χ0n) is 10.1. The van der Waals surface area contributed by atoms with Crippen molar-refractivity contribution < 1.29 is 4.79 Å². The van der Waals surface area contributed by atoms with Gasteiger partial charge >= 0.3 is 0 Å². The first-order chi connectivity index (χ1) is 7.30. The van der Waals surface area contributed by atoms with Gasteiger partial charge in [-0.3, -0.25) is 4.79 Å². The maximum atomic E-state index is 11.2. The van der Waals surface area contributed by atoms with Crippen molar-refractivity contribution in [2.45, 2.75) is 45.7 Å². The molecule has 0 radical (unpaired) electrons. The molecule has 0 aliphatic carbocycles. The molecule has 3 N–H and O–H groups in total. The lowest BCUT2D eigenvalue weighted by Gasteiger charge is -2.12. The molecule has 0 aromatic carbocycles. The van der Waals surface area contributed by atoms with Crippen LogP contribution in [0.3, 0.4) is 0 Å². The van der Waals surface area contributed by atoms with Crippen LogP contribution in [0.1, 0.15) is 37.7 Å². The van der Waals surface area contributed by atoms with Crippen LogP contribution in [-0.2, 0) is 16.8 Å². The third kappa shape index (κ3) is 3.53. The minimum atomic E-state index is -0.491. The van der Waals surface area contributed by atoms with Crippen LogP contribution < -0.4 is 11.1 Å². The predicted molar refractivity (Wildman–Crippen MR) is 64.1 cm³/mol. The predicted octanol–water partition coefficient (Wildman–Crippen LogP) is 0.799. The van der Waals surface area contributed by atoms with Gasteiger partial charge in [0.05, 0.1) is 12.6 Å². The molecule has 1 amide bonds. The maximum Gasteiger partial charge on any atom is 0.236 e. The highest BCUT2D eigenvalue weighted by Crippen LogP contribution is 2.25. The molecule has 16 heavy (non-hydrogen) atoms. The normalized spacial score (nSPS) is 13.6. The summed E-state index contributed by atoms with van der Waals surface area (Å²) in [6.07, 6.45) is 0. The lowest BCUT2D eigenvalue weighted by Crippen LogP contribution is -2.37. The Morgan fingerprint density at radius 1 is 1.50 bits per heavy atom. The second-order valence-electron chi connectivity index (χ2n) is 4.76. The van der Waals surface area contributed by atoms with Crippen LogP contribution in [0.25, 0.3) is 0 Å². The van der Waals surface area contributed by atoms with E-state index in [0.29, 0.717) is 6.54 Å². The summed E-state index contributed by atoms with van der Waals surface area (Å²) in [6.45, 7) is 8.29. The molecule has 0 bridgehead atoms. The number of carbonyl (C=O) groups is 1. The molecular formula is C10H18N4OS. The number of rotatable bonds is 3. The lowest BCUT2D eigenvalue weighted by atomic mass is 9.98. The van der Waals surface area contributed by atoms with Crippen LogP contribution in [0, 0.1) is 0 Å². The first-order valence-corrected chi connectivity index (χ1v) is 5.98.